The number of benzene rings is 1. The molecule has 1 aromatic carbocycles. The summed E-state index contributed by atoms with van der Waals surface area (Å²) in [6.07, 6.45) is 3.29. The van der Waals surface area contributed by atoms with E-state index in [1.165, 1.54) is 11.1 Å². The van der Waals surface area contributed by atoms with Gasteiger partial charge in [-0.25, -0.2) is 9.97 Å². The predicted octanol–water partition coefficient (Wildman–Crippen LogP) is 1.91. The van der Waals surface area contributed by atoms with Crippen LogP contribution < -0.4 is 4.90 Å². The van der Waals surface area contributed by atoms with Gasteiger partial charge in [-0.15, -0.1) is 0 Å². The van der Waals surface area contributed by atoms with Gasteiger partial charge in [-0.2, -0.15) is 0 Å². The topological polar surface area (TPSA) is 49.2 Å². The van der Waals surface area contributed by atoms with Crippen molar-refractivity contribution in [1.29, 1.82) is 0 Å². The summed E-state index contributed by atoms with van der Waals surface area (Å²) in [5.74, 6) is 0.660. The number of hydrogen-bond donors (Lipinski definition) is 1. The Morgan fingerprint density at radius 1 is 1.06 bits per heavy atom. The van der Waals surface area contributed by atoms with Gasteiger partial charge in [0.1, 0.15) is 0 Å². The van der Waals surface area contributed by atoms with Crippen LogP contribution >= 0.6 is 0 Å². The first kappa shape index (κ1) is 12.5. The maximum absolute atomic E-state index is 8.93. The van der Waals surface area contributed by atoms with Gasteiger partial charge in [0, 0.05) is 31.5 Å². The molecular weight excluding hydrogens is 226 g/mol. The highest BCUT2D eigenvalue weighted by molar-refractivity contribution is 5.32. The second-order valence-corrected chi connectivity index (χ2v) is 4.39. The lowest BCUT2D eigenvalue weighted by atomic mass is 10.1. The third-order valence-corrected chi connectivity index (χ3v) is 2.76. The minimum Gasteiger partial charge on any atom is -0.392 e. The van der Waals surface area contributed by atoms with Crippen LogP contribution in [0.3, 0.4) is 0 Å². The van der Waals surface area contributed by atoms with Crippen LogP contribution in [0.4, 0.5) is 5.95 Å². The van der Waals surface area contributed by atoms with Gasteiger partial charge in [-0.05, 0) is 12.5 Å². The number of rotatable bonds is 4. The van der Waals surface area contributed by atoms with Gasteiger partial charge < -0.3 is 10.0 Å². The van der Waals surface area contributed by atoms with Crippen molar-refractivity contribution in [3.05, 3.63) is 53.3 Å². The Bertz CT molecular complexity index is 493. The molecule has 1 N–H and O–H groups in total. The maximum Gasteiger partial charge on any atom is 0.225 e. The Kier molecular flexibility index (Phi) is 3.89. The Morgan fingerprint density at radius 3 is 2.22 bits per heavy atom. The molecule has 0 spiro atoms. The lowest BCUT2D eigenvalue weighted by Crippen LogP contribution is -2.19. The van der Waals surface area contributed by atoms with E-state index in [1.54, 1.807) is 12.4 Å². The van der Waals surface area contributed by atoms with Crippen LogP contribution in [0.15, 0.2) is 36.7 Å². The van der Waals surface area contributed by atoms with Crippen molar-refractivity contribution in [2.45, 2.75) is 20.1 Å². The van der Waals surface area contributed by atoms with Gasteiger partial charge >= 0.3 is 0 Å². The van der Waals surface area contributed by atoms with E-state index in [4.69, 9.17) is 5.11 Å². The van der Waals surface area contributed by atoms with Crippen LogP contribution in [0.25, 0.3) is 0 Å². The SMILES string of the molecule is Cc1ccc(CN(C)c2ncc(CO)cn2)cc1. The van der Waals surface area contributed by atoms with Crippen LogP contribution in [-0.4, -0.2) is 22.1 Å². The molecule has 4 nitrogen and oxygen atoms in total. The van der Waals surface area contributed by atoms with Gasteiger partial charge in [0.15, 0.2) is 0 Å². The van der Waals surface area contributed by atoms with Crippen LogP contribution in [0.2, 0.25) is 0 Å². The Labute approximate surface area is 107 Å². The average Bonchev–Trinajstić information content (AvgIpc) is 2.41. The van der Waals surface area contributed by atoms with Crippen molar-refractivity contribution in [2.75, 3.05) is 11.9 Å². The molecule has 0 saturated carbocycles. The largest absolute Gasteiger partial charge is 0.392 e. The minimum atomic E-state index is -0.0258. The van der Waals surface area contributed by atoms with Gasteiger partial charge in [-0.1, -0.05) is 29.8 Å². The fraction of sp³-hybridized carbons (Fsp3) is 0.286. The molecule has 2 rings (SSSR count). The minimum absolute atomic E-state index is 0.0258. The third kappa shape index (κ3) is 3.05. The van der Waals surface area contributed by atoms with E-state index in [9.17, 15) is 0 Å². The van der Waals surface area contributed by atoms with Crippen molar-refractivity contribution in [2.24, 2.45) is 0 Å². The lowest BCUT2D eigenvalue weighted by molar-refractivity contribution is 0.281. The standard InChI is InChI=1S/C14H17N3O/c1-11-3-5-12(6-4-11)9-17(2)14-15-7-13(10-18)8-16-14/h3-8,18H,9-10H2,1-2H3. The predicted molar refractivity (Wildman–Crippen MR) is 71.2 cm³/mol. The van der Waals surface area contributed by atoms with Gasteiger partial charge in [0.25, 0.3) is 0 Å². The zero-order valence-corrected chi connectivity index (χ0v) is 10.7. The molecule has 0 aliphatic heterocycles. The molecule has 4 heteroatoms. The molecule has 0 atom stereocenters. The number of aryl methyl sites for hydroxylation is 1. The molecule has 1 heterocycles. The monoisotopic (exact) mass is 243 g/mol. The molecule has 0 radical (unpaired) electrons. The van der Waals surface area contributed by atoms with E-state index >= 15 is 0 Å². The van der Waals surface area contributed by atoms with Crippen molar-refractivity contribution in [1.82, 2.24) is 9.97 Å². The summed E-state index contributed by atoms with van der Waals surface area (Å²) in [6, 6.07) is 8.40. The van der Waals surface area contributed by atoms with E-state index in [0.717, 1.165) is 12.1 Å². The van der Waals surface area contributed by atoms with Crippen molar-refractivity contribution in [3.63, 3.8) is 0 Å². The summed E-state index contributed by atoms with van der Waals surface area (Å²) in [5, 5.41) is 8.93. The van der Waals surface area contributed by atoms with E-state index in [1.807, 2.05) is 11.9 Å². The molecule has 0 amide bonds. The molecule has 0 aliphatic rings. The van der Waals surface area contributed by atoms with E-state index in [-0.39, 0.29) is 6.61 Å². The van der Waals surface area contributed by atoms with Crippen molar-refractivity contribution in [3.8, 4) is 0 Å². The quantitative estimate of drug-likeness (QED) is 0.891. The molecule has 0 fully saturated rings. The van der Waals surface area contributed by atoms with Crippen LogP contribution in [-0.2, 0) is 13.2 Å². The highest BCUT2D eigenvalue weighted by Gasteiger charge is 2.05. The maximum atomic E-state index is 8.93. The van der Waals surface area contributed by atoms with Gasteiger partial charge in [0.05, 0.1) is 6.61 Å². The highest BCUT2D eigenvalue weighted by atomic mass is 16.3. The molecule has 0 bridgehead atoms. The summed E-state index contributed by atoms with van der Waals surface area (Å²) in [6.45, 7) is 2.81. The number of aliphatic hydroxyl groups is 1. The van der Waals surface area contributed by atoms with Crippen LogP contribution in [0, 0.1) is 6.92 Å². The number of aliphatic hydroxyl groups excluding tert-OH is 1. The second-order valence-electron chi connectivity index (χ2n) is 4.39. The summed E-state index contributed by atoms with van der Waals surface area (Å²) in [5.41, 5.74) is 3.20. The smallest absolute Gasteiger partial charge is 0.225 e. The molecule has 94 valence electrons. The number of nitrogens with zero attached hydrogens (tertiary/aromatic N) is 3. The highest BCUT2D eigenvalue weighted by Crippen LogP contribution is 2.11. The molecule has 0 unspecified atom stereocenters. The normalized spacial score (nSPS) is 10.4. The molecule has 18 heavy (non-hydrogen) atoms. The molecule has 2 aromatic rings. The summed E-state index contributed by atoms with van der Waals surface area (Å²) < 4.78 is 0. The zero-order chi connectivity index (χ0) is 13.0. The Morgan fingerprint density at radius 2 is 1.67 bits per heavy atom. The molecular formula is C14H17N3O. The Balaban J connectivity index is 2.06. The lowest BCUT2D eigenvalue weighted by Gasteiger charge is -2.17. The first-order valence-electron chi connectivity index (χ1n) is 5.87. The molecule has 0 aliphatic carbocycles. The van der Waals surface area contributed by atoms with Crippen LogP contribution in [0.1, 0.15) is 16.7 Å². The summed E-state index contributed by atoms with van der Waals surface area (Å²) in [4.78, 5) is 10.4. The fourth-order valence-corrected chi connectivity index (χ4v) is 1.66. The van der Waals surface area contributed by atoms with E-state index in [2.05, 4.69) is 41.2 Å². The van der Waals surface area contributed by atoms with Crippen molar-refractivity contribution >= 4 is 5.95 Å². The summed E-state index contributed by atoms with van der Waals surface area (Å²) in [7, 11) is 1.95. The second kappa shape index (κ2) is 5.60. The molecule has 1 aromatic heterocycles. The fourth-order valence-electron chi connectivity index (χ4n) is 1.66. The first-order chi connectivity index (χ1) is 8.69. The number of aromatic nitrogens is 2. The number of hydrogen-bond acceptors (Lipinski definition) is 4. The summed E-state index contributed by atoms with van der Waals surface area (Å²) >= 11 is 0. The third-order valence-electron chi connectivity index (χ3n) is 2.76. The average molecular weight is 243 g/mol. The van der Waals surface area contributed by atoms with Crippen LogP contribution in [0.5, 0.6) is 0 Å². The van der Waals surface area contributed by atoms with E-state index in [0.29, 0.717) is 5.95 Å². The Hall–Kier alpha value is -1.94. The number of anilines is 1. The van der Waals surface area contributed by atoms with E-state index < -0.39 is 0 Å². The van der Waals surface area contributed by atoms with Crippen molar-refractivity contribution < 1.29 is 5.11 Å². The first-order valence-corrected chi connectivity index (χ1v) is 5.87. The zero-order valence-electron chi connectivity index (χ0n) is 10.7. The van der Waals surface area contributed by atoms with Gasteiger partial charge in [-0.3, -0.25) is 0 Å². The van der Waals surface area contributed by atoms with Gasteiger partial charge in [0.2, 0.25) is 5.95 Å². The molecule has 0 saturated heterocycles.